The SMILES string of the molecule is CS(=O)Cc1cccc(C(=O)OCC(=O)Nc2ccc(-c3ccccc3)cc2)c1. The normalized spacial score (nSPS) is 11.5. The Kier molecular flexibility index (Phi) is 6.92. The zero-order chi connectivity index (χ0) is 20.6. The molecule has 0 radical (unpaired) electrons. The van der Waals surface area contributed by atoms with Crippen molar-refractivity contribution in [1.82, 2.24) is 0 Å². The average molecular weight is 407 g/mol. The number of rotatable bonds is 7. The molecule has 0 saturated carbocycles. The average Bonchev–Trinajstić information content (AvgIpc) is 2.73. The molecule has 0 heterocycles. The van der Waals surface area contributed by atoms with E-state index >= 15 is 0 Å². The molecular weight excluding hydrogens is 386 g/mol. The predicted octanol–water partition coefficient (Wildman–Crippen LogP) is 4.03. The molecule has 0 aliphatic heterocycles. The van der Waals surface area contributed by atoms with Crippen LogP contribution in [0.1, 0.15) is 15.9 Å². The first-order valence-electron chi connectivity index (χ1n) is 9.03. The van der Waals surface area contributed by atoms with Gasteiger partial charge in [0.15, 0.2) is 6.61 Å². The predicted molar refractivity (Wildman–Crippen MR) is 115 cm³/mol. The summed E-state index contributed by atoms with van der Waals surface area (Å²) in [7, 11) is -1.00. The molecule has 0 saturated heterocycles. The summed E-state index contributed by atoms with van der Waals surface area (Å²) in [5.41, 5.74) is 3.87. The summed E-state index contributed by atoms with van der Waals surface area (Å²) >= 11 is 0. The second-order valence-electron chi connectivity index (χ2n) is 6.49. The monoisotopic (exact) mass is 407 g/mol. The highest BCUT2D eigenvalue weighted by molar-refractivity contribution is 7.83. The van der Waals surface area contributed by atoms with E-state index in [9.17, 15) is 13.8 Å². The van der Waals surface area contributed by atoms with Crippen molar-refractivity contribution in [1.29, 1.82) is 0 Å². The molecule has 6 heteroatoms. The number of hydrogen-bond donors (Lipinski definition) is 1. The third-order valence-corrected chi connectivity index (χ3v) is 4.88. The minimum absolute atomic E-state index is 0.327. The fraction of sp³-hybridized carbons (Fsp3) is 0.130. The zero-order valence-corrected chi connectivity index (χ0v) is 16.8. The quantitative estimate of drug-likeness (QED) is 0.600. The van der Waals surface area contributed by atoms with Crippen LogP contribution in [-0.2, 0) is 26.1 Å². The molecule has 0 aliphatic rings. The number of amides is 1. The van der Waals surface area contributed by atoms with E-state index in [4.69, 9.17) is 4.74 Å². The third-order valence-electron chi connectivity index (χ3n) is 4.14. The number of ether oxygens (including phenoxy) is 1. The number of carbonyl (C=O) groups excluding carboxylic acids is 2. The van der Waals surface area contributed by atoms with Gasteiger partial charge in [-0.1, -0.05) is 54.6 Å². The largest absolute Gasteiger partial charge is 0.452 e. The van der Waals surface area contributed by atoms with Crippen molar-refractivity contribution < 1.29 is 18.5 Å². The Balaban J connectivity index is 1.53. The van der Waals surface area contributed by atoms with Crippen LogP contribution in [0.15, 0.2) is 78.9 Å². The third kappa shape index (κ3) is 6.12. The first kappa shape index (κ1) is 20.5. The second-order valence-corrected chi connectivity index (χ2v) is 7.92. The molecule has 1 unspecified atom stereocenters. The molecule has 5 nitrogen and oxygen atoms in total. The highest BCUT2D eigenvalue weighted by Crippen LogP contribution is 2.21. The summed E-state index contributed by atoms with van der Waals surface area (Å²) in [6, 6.07) is 24.1. The Morgan fingerprint density at radius 2 is 1.59 bits per heavy atom. The van der Waals surface area contributed by atoms with Gasteiger partial charge in [0.1, 0.15) is 0 Å². The van der Waals surface area contributed by atoms with Crippen molar-refractivity contribution in [3.8, 4) is 11.1 Å². The van der Waals surface area contributed by atoms with E-state index < -0.39 is 22.7 Å². The van der Waals surface area contributed by atoms with E-state index in [1.165, 1.54) is 0 Å². The summed E-state index contributed by atoms with van der Waals surface area (Å²) in [5.74, 6) is -0.652. The lowest BCUT2D eigenvalue weighted by Crippen LogP contribution is -2.21. The van der Waals surface area contributed by atoms with Crippen molar-refractivity contribution in [2.24, 2.45) is 0 Å². The van der Waals surface area contributed by atoms with Gasteiger partial charge in [0, 0.05) is 28.5 Å². The van der Waals surface area contributed by atoms with E-state index in [2.05, 4.69) is 5.32 Å². The van der Waals surface area contributed by atoms with Crippen molar-refractivity contribution in [3.63, 3.8) is 0 Å². The van der Waals surface area contributed by atoms with Gasteiger partial charge in [-0.05, 0) is 41.0 Å². The van der Waals surface area contributed by atoms with Crippen molar-refractivity contribution in [3.05, 3.63) is 90.0 Å². The molecule has 3 rings (SSSR count). The van der Waals surface area contributed by atoms with Crippen molar-refractivity contribution >= 4 is 28.4 Å². The number of carbonyl (C=O) groups is 2. The van der Waals surface area contributed by atoms with Gasteiger partial charge < -0.3 is 10.1 Å². The topological polar surface area (TPSA) is 72.5 Å². The van der Waals surface area contributed by atoms with Gasteiger partial charge in [-0.3, -0.25) is 9.00 Å². The van der Waals surface area contributed by atoms with Crippen LogP contribution in [-0.4, -0.2) is 28.9 Å². The van der Waals surface area contributed by atoms with Crippen LogP contribution in [0.25, 0.3) is 11.1 Å². The lowest BCUT2D eigenvalue weighted by atomic mass is 10.1. The number of anilines is 1. The van der Waals surface area contributed by atoms with Gasteiger partial charge >= 0.3 is 5.97 Å². The molecule has 0 fully saturated rings. The fourth-order valence-corrected chi connectivity index (χ4v) is 3.46. The first-order valence-corrected chi connectivity index (χ1v) is 10.8. The Bertz CT molecular complexity index is 1020. The van der Waals surface area contributed by atoms with Gasteiger partial charge in [-0.15, -0.1) is 0 Å². The van der Waals surface area contributed by atoms with E-state index in [0.717, 1.165) is 16.7 Å². The Morgan fingerprint density at radius 1 is 0.897 bits per heavy atom. The number of hydrogen-bond acceptors (Lipinski definition) is 4. The molecule has 3 aromatic carbocycles. The van der Waals surface area contributed by atoms with E-state index in [-0.39, 0.29) is 6.61 Å². The van der Waals surface area contributed by atoms with Gasteiger partial charge in [0.05, 0.1) is 5.56 Å². The molecule has 1 amide bonds. The second kappa shape index (κ2) is 9.80. The van der Waals surface area contributed by atoms with Gasteiger partial charge in [0.2, 0.25) is 0 Å². The summed E-state index contributed by atoms with van der Waals surface area (Å²) < 4.78 is 16.4. The highest BCUT2D eigenvalue weighted by Gasteiger charge is 2.11. The Labute approximate surface area is 172 Å². The molecule has 0 aliphatic carbocycles. The highest BCUT2D eigenvalue weighted by atomic mass is 32.2. The lowest BCUT2D eigenvalue weighted by molar-refractivity contribution is -0.119. The van der Waals surface area contributed by atoms with E-state index in [1.54, 1.807) is 42.7 Å². The van der Waals surface area contributed by atoms with Crippen LogP contribution in [0.4, 0.5) is 5.69 Å². The summed E-state index contributed by atoms with van der Waals surface area (Å²) in [5, 5.41) is 2.71. The summed E-state index contributed by atoms with van der Waals surface area (Å²) in [6.07, 6.45) is 1.60. The summed E-state index contributed by atoms with van der Waals surface area (Å²) in [4.78, 5) is 24.3. The molecule has 0 bridgehead atoms. The van der Waals surface area contributed by atoms with E-state index in [0.29, 0.717) is 17.0 Å². The maximum Gasteiger partial charge on any atom is 0.338 e. The van der Waals surface area contributed by atoms with Gasteiger partial charge in [-0.25, -0.2) is 4.79 Å². The molecule has 148 valence electrons. The molecule has 29 heavy (non-hydrogen) atoms. The lowest BCUT2D eigenvalue weighted by Gasteiger charge is -2.08. The van der Waals surface area contributed by atoms with Crippen LogP contribution < -0.4 is 5.32 Å². The van der Waals surface area contributed by atoms with Crippen LogP contribution >= 0.6 is 0 Å². The Morgan fingerprint density at radius 3 is 2.28 bits per heavy atom. The maximum absolute atomic E-state index is 12.2. The molecule has 3 aromatic rings. The van der Waals surface area contributed by atoms with Crippen molar-refractivity contribution in [2.75, 3.05) is 18.2 Å². The number of nitrogens with one attached hydrogen (secondary N) is 1. The first-order chi connectivity index (χ1) is 14.0. The summed E-state index contributed by atoms with van der Waals surface area (Å²) in [6.45, 7) is -0.386. The molecular formula is C23H21NO4S. The van der Waals surface area contributed by atoms with Crippen molar-refractivity contribution in [2.45, 2.75) is 5.75 Å². The maximum atomic E-state index is 12.2. The fourth-order valence-electron chi connectivity index (χ4n) is 2.81. The molecule has 1 N–H and O–H groups in total. The van der Waals surface area contributed by atoms with Gasteiger partial charge in [-0.2, -0.15) is 0 Å². The Hall–Kier alpha value is -3.25. The van der Waals surface area contributed by atoms with Gasteiger partial charge in [0.25, 0.3) is 5.91 Å². The van der Waals surface area contributed by atoms with Crippen LogP contribution in [0.5, 0.6) is 0 Å². The number of esters is 1. The molecule has 0 aromatic heterocycles. The zero-order valence-electron chi connectivity index (χ0n) is 16.0. The minimum Gasteiger partial charge on any atom is -0.452 e. The number of benzene rings is 3. The standard InChI is InChI=1S/C23H21NO4S/c1-29(27)16-17-6-5-9-20(14-17)23(26)28-15-22(25)24-21-12-10-19(11-13-21)18-7-3-2-4-8-18/h2-14H,15-16H2,1H3,(H,24,25). The minimum atomic E-state index is -1.00. The van der Waals surface area contributed by atoms with E-state index in [1.807, 2.05) is 42.5 Å². The van der Waals surface area contributed by atoms with Crippen LogP contribution in [0, 0.1) is 0 Å². The van der Waals surface area contributed by atoms with Crippen LogP contribution in [0.3, 0.4) is 0 Å². The van der Waals surface area contributed by atoms with Crippen LogP contribution in [0.2, 0.25) is 0 Å². The smallest absolute Gasteiger partial charge is 0.338 e. The molecule has 1 atom stereocenters. The molecule has 0 spiro atoms.